The van der Waals surface area contributed by atoms with Crippen LogP contribution in [0.3, 0.4) is 0 Å². The van der Waals surface area contributed by atoms with Gasteiger partial charge in [0.1, 0.15) is 0 Å². The van der Waals surface area contributed by atoms with Gasteiger partial charge in [-0.2, -0.15) is 0 Å². The molecule has 5 heteroatoms. The summed E-state index contributed by atoms with van der Waals surface area (Å²) in [7, 11) is 1.37. The third kappa shape index (κ3) is 2.18. The first kappa shape index (κ1) is 11.3. The number of hydrogen-bond acceptors (Lipinski definition) is 4. The molecule has 0 aliphatic carbocycles. The van der Waals surface area contributed by atoms with Crippen LogP contribution in [-0.4, -0.2) is 23.2 Å². The molecular formula is C10H14N2O3. The molecule has 0 radical (unpaired) electrons. The monoisotopic (exact) mass is 210 g/mol. The van der Waals surface area contributed by atoms with Crippen molar-refractivity contribution in [2.24, 2.45) is 0 Å². The Morgan fingerprint density at radius 3 is 2.60 bits per heavy atom. The Balaban J connectivity index is 3.38. The van der Waals surface area contributed by atoms with E-state index in [0.717, 1.165) is 0 Å². The molecule has 0 atom stereocenters. The molecule has 0 amide bonds. The molecule has 1 aromatic rings. The second-order valence-corrected chi connectivity index (χ2v) is 3.48. The molecule has 1 rings (SSSR count). The van der Waals surface area contributed by atoms with E-state index < -0.39 is 5.97 Å². The molecule has 15 heavy (non-hydrogen) atoms. The first-order chi connectivity index (χ1) is 6.97. The number of carboxylic acids is 1. The van der Waals surface area contributed by atoms with E-state index in [1.807, 2.05) is 13.8 Å². The van der Waals surface area contributed by atoms with E-state index in [4.69, 9.17) is 15.6 Å². The number of carbonyl (C=O) groups is 1. The van der Waals surface area contributed by atoms with Crippen molar-refractivity contribution < 1.29 is 14.6 Å². The highest BCUT2D eigenvalue weighted by Crippen LogP contribution is 2.28. The van der Waals surface area contributed by atoms with Crippen molar-refractivity contribution in [1.29, 1.82) is 0 Å². The number of nitrogen functional groups attached to an aromatic ring is 1. The van der Waals surface area contributed by atoms with Gasteiger partial charge in [0.2, 0.25) is 0 Å². The Kier molecular flexibility index (Phi) is 3.14. The van der Waals surface area contributed by atoms with Gasteiger partial charge in [-0.1, -0.05) is 13.8 Å². The molecular weight excluding hydrogens is 196 g/mol. The Hall–Kier alpha value is -1.78. The molecule has 0 aromatic carbocycles. The molecule has 1 aromatic heterocycles. The highest BCUT2D eigenvalue weighted by Gasteiger charge is 2.18. The summed E-state index contributed by atoms with van der Waals surface area (Å²) in [4.78, 5) is 14.9. The Morgan fingerprint density at radius 1 is 1.60 bits per heavy atom. The van der Waals surface area contributed by atoms with Crippen LogP contribution in [-0.2, 0) is 0 Å². The van der Waals surface area contributed by atoms with E-state index in [-0.39, 0.29) is 17.4 Å². The minimum atomic E-state index is -1.14. The predicted octanol–water partition coefficient (Wildman–Crippen LogP) is 1.49. The smallest absolute Gasteiger partial charge is 0.358 e. The van der Waals surface area contributed by atoms with Gasteiger partial charge in [0.05, 0.1) is 12.8 Å². The van der Waals surface area contributed by atoms with Crippen LogP contribution in [0.2, 0.25) is 0 Å². The minimum Gasteiger partial charge on any atom is -0.492 e. The largest absolute Gasteiger partial charge is 0.492 e. The third-order valence-corrected chi connectivity index (χ3v) is 2.02. The van der Waals surface area contributed by atoms with Crippen molar-refractivity contribution in [3.63, 3.8) is 0 Å². The molecule has 82 valence electrons. The molecule has 0 spiro atoms. The van der Waals surface area contributed by atoms with Crippen molar-refractivity contribution in [2.45, 2.75) is 19.8 Å². The van der Waals surface area contributed by atoms with Crippen LogP contribution in [0.25, 0.3) is 0 Å². The van der Waals surface area contributed by atoms with Crippen LogP contribution in [0.4, 0.5) is 5.69 Å². The Labute approximate surface area is 87.9 Å². The van der Waals surface area contributed by atoms with Crippen molar-refractivity contribution in [3.05, 3.63) is 17.5 Å². The van der Waals surface area contributed by atoms with Crippen molar-refractivity contribution in [2.75, 3.05) is 12.8 Å². The van der Waals surface area contributed by atoms with E-state index in [0.29, 0.717) is 11.4 Å². The van der Waals surface area contributed by atoms with Crippen molar-refractivity contribution >= 4 is 11.7 Å². The summed E-state index contributed by atoms with van der Waals surface area (Å²) in [5.41, 5.74) is 6.49. The Bertz CT molecular complexity index is 388. The maximum absolute atomic E-state index is 10.9. The predicted molar refractivity (Wildman–Crippen MR) is 56.2 cm³/mol. The standard InChI is InChI=1S/C10H14N2O3/c1-5(2)7-4-6(11)9(15-3)8(12-7)10(13)14/h4-5H,1-3H3,(H2,11,12)(H,13,14). The van der Waals surface area contributed by atoms with Gasteiger partial charge in [0.25, 0.3) is 0 Å². The molecule has 5 nitrogen and oxygen atoms in total. The fourth-order valence-corrected chi connectivity index (χ4v) is 1.23. The molecule has 1 heterocycles. The molecule has 0 aliphatic heterocycles. The number of methoxy groups -OCH3 is 1. The van der Waals surface area contributed by atoms with E-state index in [1.54, 1.807) is 6.07 Å². The second kappa shape index (κ2) is 4.16. The second-order valence-electron chi connectivity index (χ2n) is 3.48. The van der Waals surface area contributed by atoms with Crippen LogP contribution in [0, 0.1) is 0 Å². The number of nitrogens with zero attached hydrogens (tertiary/aromatic N) is 1. The van der Waals surface area contributed by atoms with Gasteiger partial charge < -0.3 is 15.6 Å². The van der Waals surface area contributed by atoms with E-state index in [2.05, 4.69) is 4.98 Å². The lowest BCUT2D eigenvalue weighted by Crippen LogP contribution is -2.09. The number of anilines is 1. The quantitative estimate of drug-likeness (QED) is 0.789. The lowest BCUT2D eigenvalue weighted by molar-refractivity contribution is 0.0686. The lowest BCUT2D eigenvalue weighted by atomic mass is 10.1. The van der Waals surface area contributed by atoms with E-state index in [1.165, 1.54) is 7.11 Å². The highest BCUT2D eigenvalue weighted by molar-refractivity contribution is 5.91. The van der Waals surface area contributed by atoms with Crippen molar-refractivity contribution in [1.82, 2.24) is 4.98 Å². The number of carboxylic acid groups (broad SMARTS) is 1. The molecule has 0 aliphatic rings. The highest BCUT2D eigenvalue weighted by atomic mass is 16.5. The normalized spacial score (nSPS) is 10.4. The first-order valence-electron chi connectivity index (χ1n) is 4.55. The summed E-state index contributed by atoms with van der Waals surface area (Å²) < 4.78 is 4.90. The van der Waals surface area contributed by atoms with Gasteiger partial charge >= 0.3 is 5.97 Å². The van der Waals surface area contributed by atoms with Crippen LogP contribution in [0.15, 0.2) is 6.07 Å². The number of nitrogens with two attached hydrogens (primary N) is 1. The molecule has 3 N–H and O–H groups in total. The molecule has 0 saturated heterocycles. The van der Waals surface area contributed by atoms with Crippen molar-refractivity contribution in [3.8, 4) is 5.75 Å². The fraction of sp³-hybridized carbons (Fsp3) is 0.400. The SMILES string of the molecule is COc1c(N)cc(C(C)C)nc1C(=O)O. The summed E-state index contributed by atoms with van der Waals surface area (Å²) in [6.07, 6.45) is 0. The van der Waals surface area contributed by atoms with Gasteiger partial charge in [-0.15, -0.1) is 0 Å². The summed E-state index contributed by atoms with van der Waals surface area (Å²) in [5, 5.41) is 8.93. The molecule has 0 fully saturated rings. The number of hydrogen-bond donors (Lipinski definition) is 2. The van der Waals surface area contributed by atoms with Gasteiger partial charge in [0, 0.05) is 5.69 Å². The molecule has 0 bridgehead atoms. The summed E-state index contributed by atoms with van der Waals surface area (Å²) in [5.74, 6) is -0.899. The topological polar surface area (TPSA) is 85.4 Å². The molecule has 0 unspecified atom stereocenters. The minimum absolute atomic E-state index is 0.118. The van der Waals surface area contributed by atoms with Gasteiger partial charge in [-0.3, -0.25) is 0 Å². The van der Waals surface area contributed by atoms with E-state index in [9.17, 15) is 4.79 Å². The number of pyridine rings is 1. The average molecular weight is 210 g/mol. The first-order valence-corrected chi connectivity index (χ1v) is 4.55. The molecule has 0 saturated carbocycles. The number of ether oxygens (including phenoxy) is 1. The maximum atomic E-state index is 10.9. The van der Waals surface area contributed by atoms with Crippen LogP contribution in [0.5, 0.6) is 5.75 Å². The van der Waals surface area contributed by atoms with Crippen LogP contribution >= 0.6 is 0 Å². The summed E-state index contributed by atoms with van der Waals surface area (Å²) in [6, 6.07) is 1.63. The Morgan fingerprint density at radius 2 is 2.20 bits per heavy atom. The van der Waals surface area contributed by atoms with E-state index >= 15 is 0 Å². The number of rotatable bonds is 3. The summed E-state index contributed by atoms with van der Waals surface area (Å²) in [6.45, 7) is 3.83. The number of aromatic carboxylic acids is 1. The van der Waals surface area contributed by atoms with Crippen LogP contribution in [0.1, 0.15) is 35.9 Å². The zero-order valence-corrected chi connectivity index (χ0v) is 8.94. The lowest BCUT2D eigenvalue weighted by Gasteiger charge is -2.11. The third-order valence-electron chi connectivity index (χ3n) is 2.02. The maximum Gasteiger partial charge on any atom is 0.358 e. The van der Waals surface area contributed by atoms with Gasteiger partial charge in [-0.05, 0) is 12.0 Å². The summed E-state index contributed by atoms with van der Waals surface area (Å²) >= 11 is 0. The number of aromatic nitrogens is 1. The van der Waals surface area contributed by atoms with Crippen LogP contribution < -0.4 is 10.5 Å². The fourth-order valence-electron chi connectivity index (χ4n) is 1.23. The zero-order valence-electron chi connectivity index (χ0n) is 8.94. The van der Waals surface area contributed by atoms with Gasteiger partial charge in [0.15, 0.2) is 11.4 Å². The zero-order chi connectivity index (χ0) is 11.6. The van der Waals surface area contributed by atoms with Gasteiger partial charge in [-0.25, -0.2) is 9.78 Å². The average Bonchev–Trinajstić information content (AvgIpc) is 2.16.